The van der Waals surface area contributed by atoms with Gasteiger partial charge in [0.25, 0.3) is 0 Å². The van der Waals surface area contributed by atoms with Gasteiger partial charge in [0.2, 0.25) is 11.8 Å². The first-order valence-corrected chi connectivity index (χ1v) is 10.1. The lowest BCUT2D eigenvalue weighted by molar-refractivity contribution is -0.125. The van der Waals surface area contributed by atoms with Crippen LogP contribution >= 0.6 is 23.2 Å². The molecule has 8 heteroatoms. The average molecular weight is 429 g/mol. The SMILES string of the molecule is O=C1[C@@H]2[C@@H]3O[C@@H]([C@H]4ON=C(c5ccc(Cl)cc5)[C@H]43)[C@@H]2C(=O)N1c1ccc(Cl)cc1. The molecule has 2 bridgehead atoms. The van der Waals surface area contributed by atoms with E-state index in [1.165, 1.54) is 4.90 Å². The smallest absolute Gasteiger partial charge is 0.240 e. The molecule has 2 amide bonds. The number of halogens is 2. The maximum Gasteiger partial charge on any atom is 0.240 e. The van der Waals surface area contributed by atoms with Gasteiger partial charge in [0.05, 0.1) is 35.3 Å². The molecule has 4 heterocycles. The molecule has 146 valence electrons. The largest absolute Gasteiger partial charge is 0.389 e. The van der Waals surface area contributed by atoms with Crippen LogP contribution in [0.15, 0.2) is 53.7 Å². The van der Waals surface area contributed by atoms with Crippen LogP contribution in [-0.4, -0.2) is 35.8 Å². The number of oxime groups is 1. The van der Waals surface area contributed by atoms with Crippen LogP contribution in [0.2, 0.25) is 10.0 Å². The number of anilines is 1. The van der Waals surface area contributed by atoms with Gasteiger partial charge in [-0.25, -0.2) is 4.90 Å². The fourth-order valence-corrected chi connectivity index (χ4v) is 5.31. The Morgan fingerprint density at radius 2 is 1.34 bits per heavy atom. The number of rotatable bonds is 2. The first-order chi connectivity index (χ1) is 14.0. The molecule has 0 saturated carbocycles. The summed E-state index contributed by atoms with van der Waals surface area (Å²) >= 11 is 11.9. The Balaban J connectivity index is 1.35. The number of amides is 2. The minimum atomic E-state index is -0.552. The van der Waals surface area contributed by atoms with E-state index in [9.17, 15) is 9.59 Å². The van der Waals surface area contributed by atoms with Crippen LogP contribution < -0.4 is 4.90 Å². The summed E-state index contributed by atoms with van der Waals surface area (Å²) in [5.41, 5.74) is 2.14. The summed E-state index contributed by atoms with van der Waals surface area (Å²) in [6.07, 6.45) is -1.30. The second kappa shape index (κ2) is 6.05. The van der Waals surface area contributed by atoms with Crippen molar-refractivity contribution in [2.75, 3.05) is 4.90 Å². The van der Waals surface area contributed by atoms with E-state index in [1.54, 1.807) is 36.4 Å². The Hall–Kier alpha value is -2.41. The van der Waals surface area contributed by atoms with Gasteiger partial charge in [-0.05, 0) is 42.0 Å². The standard InChI is InChI=1S/C21H14Cl2N2O4/c22-10-3-1-9(2-4-10)16-15-17-13-14(18(28-17)19(15)29-24-16)21(27)25(20(13)26)12-7-5-11(23)6-8-12/h1-8,13-15,17-19H/t13-,14+,15-,17-,18+,19-/m0/s1. The Labute approximate surface area is 176 Å². The van der Waals surface area contributed by atoms with Crippen LogP contribution in [0.25, 0.3) is 0 Å². The summed E-state index contributed by atoms with van der Waals surface area (Å²) in [7, 11) is 0. The Kier molecular flexibility index (Phi) is 3.64. The maximum absolute atomic E-state index is 13.2. The molecule has 6 rings (SSSR count). The molecule has 0 spiro atoms. The highest BCUT2D eigenvalue weighted by molar-refractivity contribution is 6.31. The zero-order chi connectivity index (χ0) is 19.9. The topological polar surface area (TPSA) is 68.2 Å². The molecule has 0 radical (unpaired) electrons. The first-order valence-electron chi connectivity index (χ1n) is 9.33. The van der Waals surface area contributed by atoms with Gasteiger partial charge in [-0.15, -0.1) is 0 Å². The summed E-state index contributed by atoms with van der Waals surface area (Å²) in [4.78, 5) is 33.3. The van der Waals surface area contributed by atoms with Crippen molar-refractivity contribution >= 4 is 46.4 Å². The van der Waals surface area contributed by atoms with Crippen molar-refractivity contribution in [2.24, 2.45) is 22.9 Å². The predicted octanol–water partition coefficient (Wildman–Crippen LogP) is 3.30. The molecular weight excluding hydrogens is 415 g/mol. The zero-order valence-corrected chi connectivity index (χ0v) is 16.4. The molecule has 2 aromatic carbocycles. The van der Waals surface area contributed by atoms with E-state index < -0.39 is 24.0 Å². The van der Waals surface area contributed by atoms with Gasteiger partial charge < -0.3 is 9.57 Å². The molecule has 0 N–H and O–H groups in total. The van der Waals surface area contributed by atoms with Gasteiger partial charge >= 0.3 is 0 Å². The average Bonchev–Trinajstić information content (AvgIpc) is 3.44. The van der Waals surface area contributed by atoms with Crippen LogP contribution in [-0.2, 0) is 19.2 Å². The lowest BCUT2D eigenvalue weighted by Crippen LogP contribution is -2.45. The minimum absolute atomic E-state index is 0.190. The quantitative estimate of drug-likeness (QED) is 0.688. The zero-order valence-electron chi connectivity index (χ0n) is 14.9. The van der Waals surface area contributed by atoms with E-state index in [1.807, 2.05) is 12.1 Å². The third-order valence-corrected chi connectivity index (χ3v) is 6.77. The fourth-order valence-electron chi connectivity index (χ4n) is 5.06. The summed E-state index contributed by atoms with van der Waals surface area (Å²) in [5.74, 6) is -1.77. The van der Waals surface area contributed by atoms with Gasteiger partial charge in [0.1, 0.15) is 6.10 Å². The van der Waals surface area contributed by atoms with Crippen LogP contribution in [0.5, 0.6) is 0 Å². The van der Waals surface area contributed by atoms with Crippen LogP contribution in [0, 0.1) is 17.8 Å². The molecule has 29 heavy (non-hydrogen) atoms. The van der Waals surface area contributed by atoms with Crippen molar-refractivity contribution < 1.29 is 19.2 Å². The highest BCUT2D eigenvalue weighted by atomic mass is 35.5. The lowest BCUT2D eigenvalue weighted by atomic mass is 9.71. The molecule has 6 atom stereocenters. The van der Waals surface area contributed by atoms with E-state index in [-0.39, 0.29) is 23.8 Å². The first kappa shape index (κ1) is 17.4. The van der Waals surface area contributed by atoms with E-state index in [0.717, 1.165) is 11.3 Å². The van der Waals surface area contributed by atoms with E-state index in [2.05, 4.69) is 5.16 Å². The number of hydrogen-bond acceptors (Lipinski definition) is 5. The molecule has 0 aromatic heterocycles. The van der Waals surface area contributed by atoms with Gasteiger partial charge in [-0.3, -0.25) is 9.59 Å². The molecule has 3 saturated heterocycles. The van der Waals surface area contributed by atoms with Crippen molar-refractivity contribution in [3.05, 3.63) is 64.1 Å². The number of imide groups is 1. The fraction of sp³-hybridized carbons (Fsp3) is 0.286. The molecule has 2 aromatic rings. The third-order valence-electron chi connectivity index (χ3n) is 6.27. The number of ether oxygens (including phenoxy) is 1. The number of carbonyl (C=O) groups is 2. The van der Waals surface area contributed by atoms with Gasteiger partial charge in [0, 0.05) is 10.0 Å². The number of fused-ring (bicyclic) bond motifs is 8. The molecule has 0 aliphatic carbocycles. The summed E-state index contributed by atoms with van der Waals surface area (Å²) in [5, 5.41) is 5.44. The molecule has 4 aliphatic rings. The molecule has 0 unspecified atom stereocenters. The monoisotopic (exact) mass is 428 g/mol. The van der Waals surface area contributed by atoms with Crippen molar-refractivity contribution in [3.63, 3.8) is 0 Å². The highest BCUT2D eigenvalue weighted by Gasteiger charge is 2.72. The number of nitrogens with zero attached hydrogens (tertiary/aromatic N) is 2. The Morgan fingerprint density at radius 1 is 0.759 bits per heavy atom. The normalized spacial score (nSPS) is 34.3. The highest BCUT2D eigenvalue weighted by Crippen LogP contribution is 2.55. The van der Waals surface area contributed by atoms with Crippen molar-refractivity contribution in [3.8, 4) is 0 Å². The predicted molar refractivity (Wildman–Crippen MR) is 106 cm³/mol. The van der Waals surface area contributed by atoms with Gasteiger partial charge in [0.15, 0.2) is 6.10 Å². The van der Waals surface area contributed by atoms with E-state index >= 15 is 0 Å². The lowest BCUT2D eigenvalue weighted by Gasteiger charge is -2.26. The Bertz CT molecular complexity index is 1070. The van der Waals surface area contributed by atoms with Crippen LogP contribution in [0.1, 0.15) is 5.56 Å². The van der Waals surface area contributed by atoms with Crippen LogP contribution in [0.3, 0.4) is 0 Å². The second-order valence-electron chi connectivity index (χ2n) is 7.68. The Morgan fingerprint density at radius 3 is 2.00 bits per heavy atom. The molecule has 6 nitrogen and oxygen atoms in total. The van der Waals surface area contributed by atoms with Crippen molar-refractivity contribution in [1.82, 2.24) is 0 Å². The van der Waals surface area contributed by atoms with Crippen molar-refractivity contribution in [2.45, 2.75) is 18.3 Å². The van der Waals surface area contributed by atoms with Crippen molar-refractivity contribution in [1.29, 1.82) is 0 Å². The molecule has 4 aliphatic heterocycles. The maximum atomic E-state index is 13.2. The molecular formula is C21H14Cl2N2O4. The van der Waals surface area contributed by atoms with Gasteiger partial charge in [-0.1, -0.05) is 40.5 Å². The molecule has 3 fully saturated rings. The van der Waals surface area contributed by atoms with E-state index in [4.69, 9.17) is 32.8 Å². The summed E-state index contributed by atoms with van der Waals surface area (Å²) < 4.78 is 6.10. The van der Waals surface area contributed by atoms with Crippen LogP contribution in [0.4, 0.5) is 5.69 Å². The third kappa shape index (κ3) is 2.31. The minimum Gasteiger partial charge on any atom is -0.389 e. The number of benzene rings is 2. The summed E-state index contributed by atoms with van der Waals surface area (Å²) in [6.45, 7) is 0. The van der Waals surface area contributed by atoms with E-state index in [0.29, 0.717) is 15.7 Å². The second-order valence-corrected chi connectivity index (χ2v) is 8.56. The number of carbonyl (C=O) groups excluding carboxylic acids is 2. The van der Waals surface area contributed by atoms with Gasteiger partial charge in [-0.2, -0.15) is 0 Å². The summed E-state index contributed by atoms with van der Waals surface area (Å²) in [6, 6.07) is 14.0. The number of hydrogen-bond donors (Lipinski definition) is 0.